The molecule has 2 N–H and O–H groups in total. The Morgan fingerprint density at radius 3 is 2.59 bits per heavy atom. The van der Waals surface area contributed by atoms with Crippen LogP contribution in [0.4, 0.5) is 0 Å². The monoisotopic (exact) mass is 410 g/mol. The fourth-order valence-electron chi connectivity index (χ4n) is 3.36. The molecule has 1 aliphatic carbocycles. The summed E-state index contributed by atoms with van der Waals surface area (Å²) in [5, 5.41) is 13.8. The zero-order valence-electron chi connectivity index (χ0n) is 17.0. The van der Waals surface area contributed by atoms with E-state index in [4.69, 9.17) is 4.74 Å². The van der Waals surface area contributed by atoms with Crippen molar-refractivity contribution >= 4 is 28.8 Å². The maximum atomic E-state index is 12.4. The van der Waals surface area contributed by atoms with Gasteiger partial charge in [0.05, 0.1) is 31.5 Å². The predicted molar refractivity (Wildman–Crippen MR) is 116 cm³/mol. The first-order chi connectivity index (χ1) is 13.9. The van der Waals surface area contributed by atoms with Crippen molar-refractivity contribution in [2.75, 3.05) is 7.11 Å². The van der Waals surface area contributed by atoms with Crippen LogP contribution in [0.1, 0.15) is 36.6 Å². The highest BCUT2D eigenvalue weighted by Crippen LogP contribution is 2.45. The van der Waals surface area contributed by atoms with Crippen molar-refractivity contribution in [2.45, 2.75) is 44.7 Å². The lowest BCUT2D eigenvalue weighted by molar-refractivity contribution is -0.125. The first-order valence-electron chi connectivity index (χ1n) is 9.79. The maximum Gasteiger partial charge on any atom is 0.226 e. The summed E-state index contributed by atoms with van der Waals surface area (Å²) in [5.41, 5.74) is 3.75. The largest absolute Gasteiger partial charge is 0.496 e. The smallest absolute Gasteiger partial charge is 0.226 e. The number of aryl methyl sites for hydroxylation is 1. The Bertz CT molecular complexity index is 1050. The summed E-state index contributed by atoms with van der Waals surface area (Å²) in [6.07, 6.45) is 1.91. The van der Waals surface area contributed by atoms with E-state index in [2.05, 4.69) is 46.5 Å². The zero-order valence-corrected chi connectivity index (χ0v) is 17.8. The Morgan fingerprint density at radius 1 is 1.24 bits per heavy atom. The lowest BCUT2D eigenvalue weighted by atomic mass is 10.1. The minimum Gasteiger partial charge on any atom is -0.496 e. The quantitative estimate of drug-likeness (QED) is 0.605. The van der Waals surface area contributed by atoms with Crippen LogP contribution >= 0.6 is 11.9 Å². The summed E-state index contributed by atoms with van der Waals surface area (Å²) in [7, 11) is 1.61. The normalized spacial score (nSPS) is 14.8. The number of carbonyl (C=O) groups is 1. The van der Waals surface area contributed by atoms with Gasteiger partial charge in [0.15, 0.2) is 0 Å². The number of rotatable bonds is 7. The van der Waals surface area contributed by atoms with Gasteiger partial charge in [0.2, 0.25) is 5.91 Å². The lowest BCUT2D eigenvalue weighted by Crippen LogP contribution is -2.30. The van der Waals surface area contributed by atoms with Gasteiger partial charge in [0.25, 0.3) is 0 Å². The Balaban J connectivity index is 1.72. The van der Waals surface area contributed by atoms with Crippen molar-refractivity contribution in [3.8, 4) is 5.75 Å². The van der Waals surface area contributed by atoms with E-state index < -0.39 is 0 Å². The van der Waals surface area contributed by atoms with Gasteiger partial charge in [-0.3, -0.25) is 8.77 Å². The first kappa shape index (κ1) is 19.9. The Labute approximate surface area is 175 Å². The second-order valence-corrected chi connectivity index (χ2v) is 8.98. The molecular formula is C23H26N2O3S. The second-order valence-electron chi connectivity index (χ2n) is 7.96. The molecule has 1 aliphatic rings. The fourth-order valence-corrected chi connectivity index (χ4v) is 4.32. The Kier molecular flexibility index (Phi) is 5.32. The molecule has 6 heteroatoms. The van der Waals surface area contributed by atoms with Crippen LogP contribution in [0.2, 0.25) is 0 Å². The second kappa shape index (κ2) is 7.76. The summed E-state index contributed by atoms with van der Waals surface area (Å²) in [6.45, 7) is 4.45. The molecule has 2 aromatic carbocycles. The van der Waals surface area contributed by atoms with E-state index in [-0.39, 0.29) is 17.9 Å². The van der Waals surface area contributed by atoms with Crippen LogP contribution in [-0.4, -0.2) is 22.1 Å². The van der Waals surface area contributed by atoms with E-state index in [1.165, 1.54) is 5.56 Å². The molecule has 5 nitrogen and oxygen atoms in total. The van der Waals surface area contributed by atoms with Crippen molar-refractivity contribution < 1.29 is 14.6 Å². The highest BCUT2D eigenvalue weighted by Gasteiger charge is 2.44. The number of amides is 1. The average Bonchev–Trinajstić information content (AvgIpc) is 3.40. The molecule has 0 bridgehead atoms. The molecule has 3 aromatic rings. The molecule has 0 saturated heterocycles. The number of aliphatic hydroxyl groups excluding tert-OH is 1. The molecular weight excluding hydrogens is 384 g/mol. The van der Waals surface area contributed by atoms with Crippen molar-refractivity contribution in [2.24, 2.45) is 5.41 Å². The molecule has 0 spiro atoms. The lowest BCUT2D eigenvalue weighted by Gasteiger charge is -2.14. The summed E-state index contributed by atoms with van der Waals surface area (Å²) in [4.78, 5) is 13.6. The van der Waals surface area contributed by atoms with E-state index in [1.807, 2.05) is 19.1 Å². The fraction of sp³-hybridized carbons (Fsp3) is 0.348. The van der Waals surface area contributed by atoms with Crippen molar-refractivity contribution in [1.29, 1.82) is 0 Å². The van der Waals surface area contributed by atoms with Gasteiger partial charge in [-0.25, -0.2) is 0 Å². The maximum absolute atomic E-state index is 12.4. The van der Waals surface area contributed by atoms with E-state index in [0.717, 1.165) is 39.9 Å². The van der Waals surface area contributed by atoms with Crippen LogP contribution in [0.25, 0.3) is 10.9 Å². The molecule has 1 aromatic heterocycles. The number of hydrogen-bond acceptors (Lipinski definition) is 4. The molecule has 1 saturated carbocycles. The van der Waals surface area contributed by atoms with Gasteiger partial charge in [-0.2, -0.15) is 0 Å². The van der Waals surface area contributed by atoms with Crippen molar-refractivity contribution in [1.82, 2.24) is 9.29 Å². The Hall–Kier alpha value is -2.44. The summed E-state index contributed by atoms with van der Waals surface area (Å²) in [6, 6.07) is 14.4. The summed E-state index contributed by atoms with van der Waals surface area (Å²) < 4.78 is 7.61. The molecule has 29 heavy (non-hydrogen) atoms. The summed E-state index contributed by atoms with van der Waals surface area (Å²) in [5.74, 6) is 0.771. The molecule has 0 atom stereocenters. The first-order valence-corrected chi connectivity index (χ1v) is 10.6. The van der Waals surface area contributed by atoms with Crippen LogP contribution < -0.4 is 10.1 Å². The number of hydrogen-bond donors (Lipinski definition) is 2. The van der Waals surface area contributed by atoms with E-state index >= 15 is 0 Å². The predicted octanol–water partition coefficient (Wildman–Crippen LogP) is 4.42. The highest BCUT2D eigenvalue weighted by atomic mass is 32.2. The van der Waals surface area contributed by atoms with Gasteiger partial charge < -0.3 is 15.2 Å². The van der Waals surface area contributed by atoms with Gasteiger partial charge in [-0.15, -0.1) is 0 Å². The molecule has 0 unspecified atom stereocenters. The number of methoxy groups -OCH3 is 1. The van der Waals surface area contributed by atoms with Crippen molar-refractivity contribution in [3.63, 3.8) is 0 Å². The molecule has 0 radical (unpaired) electrons. The minimum atomic E-state index is -0.200. The van der Waals surface area contributed by atoms with Gasteiger partial charge in [-0.05, 0) is 56.0 Å². The van der Waals surface area contributed by atoms with Gasteiger partial charge in [-0.1, -0.05) is 24.6 Å². The van der Waals surface area contributed by atoms with E-state index in [0.29, 0.717) is 12.3 Å². The van der Waals surface area contributed by atoms with E-state index in [1.54, 1.807) is 19.1 Å². The van der Waals surface area contributed by atoms with Gasteiger partial charge in [0.1, 0.15) is 5.75 Å². The molecule has 1 amide bonds. The SMILES string of the molecule is COc1cc2c(cc1CO)cc(CNC(=O)C1(C)CC1)n2Sc1ccc(C)cc1. The number of aromatic nitrogens is 1. The number of aliphatic hydroxyl groups is 1. The number of fused-ring (bicyclic) bond motifs is 1. The highest BCUT2D eigenvalue weighted by molar-refractivity contribution is 7.98. The third-order valence-corrected chi connectivity index (χ3v) is 6.69. The molecule has 0 aliphatic heterocycles. The van der Waals surface area contributed by atoms with Gasteiger partial charge in [0, 0.05) is 27.3 Å². The van der Waals surface area contributed by atoms with Crippen molar-refractivity contribution in [3.05, 3.63) is 59.3 Å². The molecule has 1 fully saturated rings. The number of ether oxygens (including phenoxy) is 1. The average molecular weight is 411 g/mol. The van der Waals surface area contributed by atoms with Gasteiger partial charge >= 0.3 is 0 Å². The van der Waals surface area contributed by atoms with Crippen LogP contribution in [0.15, 0.2) is 47.4 Å². The summed E-state index contributed by atoms with van der Waals surface area (Å²) >= 11 is 1.61. The number of benzene rings is 2. The van der Waals surface area contributed by atoms with Crippen LogP contribution in [0, 0.1) is 12.3 Å². The number of nitrogens with one attached hydrogen (secondary N) is 1. The minimum absolute atomic E-state index is 0.0835. The topological polar surface area (TPSA) is 63.5 Å². The van der Waals surface area contributed by atoms with Crippen LogP contribution in [0.3, 0.4) is 0 Å². The number of carbonyl (C=O) groups excluding carboxylic acids is 1. The zero-order chi connectivity index (χ0) is 20.6. The standard InChI is InChI=1S/C23H26N2O3S/c1-15-4-6-19(7-5-15)29-25-18(13-24-22(27)23(2)8-9-23)11-16-10-17(14-26)21(28-3)12-20(16)25/h4-7,10-12,26H,8-9,13-14H2,1-3H3,(H,24,27). The Morgan fingerprint density at radius 2 is 1.97 bits per heavy atom. The third kappa shape index (κ3) is 4.00. The van der Waals surface area contributed by atoms with Crippen LogP contribution in [-0.2, 0) is 17.9 Å². The molecule has 152 valence electrons. The molecule has 4 rings (SSSR count). The van der Waals surface area contributed by atoms with E-state index in [9.17, 15) is 9.90 Å². The van der Waals surface area contributed by atoms with Crippen LogP contribution in [0.5, 0.6) is 5.75 Å². The molecule has 1 heterocycles. The third-order valence-electron chi connectivity index (χ3n) is 5.60. The number of nitrogens with zero attached hydrogens (tertiary/aromatic N) is 1.